The van der Waals surface area contributed by atoms with Gasteiger partial charge in [0, 0.05) is 18.8 Å². The number of rotatable bonds is 7. The summed E-state index contributed by atoms with van der Waals surface area (Å²) in [5, 5.41) is 10.2. The maximum atomic E-state index is 10.2. The summed E-state index contributed by atoms with van der Waals surface area (Å²) in [5.74, 6) is 0.431. The summed E-state index contributed by atoms with van der Waals surface area (Å²) in [6.45, 7) is 4.35. The Kier molecular flexibility index (Phi) is 6.09. The summed E-state index contributed by atoms with van der Waals surface area (Å²) in [7, 11) is 0. The number of hydrogen-bond donors (Lipinski definition) is 1. The first-order valence-electron chi connectivity index (χ1n) is 6.34. The molecule has 1 aromatic rings. The summed E-state index contributed by atoms with van der Waals surface area (Å²) in [4.78, 5) is 4.07. The van der Waals surface area contributed by atoms with Crippen molar-refractivity contribution in [2.24, 2.45) is 5.92 Å². The van der Waals surface area contributed by atoms with Gasteiger partial charge in [-0.25, -0.2) is 0 Å². The molecule has 0 saturated heterocycles. The van der Waals surface area contributed by atoms with Crippen molar-refractivity contribution in [3.8, 4) is 0 Å². The van der Waals surface area contributed by atoms with Gasteiger partial charge in [-0.05, 0) is 24.0 Å². The third-order valence-corrected chi connectivity index (χ3v) is 3.16. The molecule has 1 aromatic heterocycles. The van der Waals surface area contributed by atoms with E-state index >= 15 is 0 Å². The molecule has 90 valence electrons. The van der Waals surface area contributed by atoms with E-state index in [4.69, 9.17) is 0 Å². The van der Waals surface area contributed by atoms with Crippen LogP contribution in [0.25, 0.3) is 0 Å². The van der Waals surface area contributed by atoms with Crippen LogP contribution in [0.5, 0.6) is 0 Å². The molecule has 1 heterocycles. The lowest BCUT2D eigenvalue weighted by atomic mass is 9.90. The molecular formula is C14H23NO. The van der Waals surface area contributed by atoms with Gasteiger partial charge in [0.1, 0.15) is 0 Å². The van der Waals surface area contributed by atoms with Crippen LogP contribution >= 0.6 is 0 Å². The maximum Gasteiger partial charge on any atom is 0.0609 e. The smallest absolute Gasteiger partial charge is 0.0609 e. The zero-order valence-corrected chi connectivity index (χ0v) is 10.4. The quantitative estimate of drug-likeness (QED) is 0.767. The molecule has 2 atom stereocenters. The molecule has 0 bridgehead atoms. The van der Waals surface area contributed by atoms with Gasteiger partial charge in [-0.2, -0.15) is 0 Å². The summed E-state index contributed by atoms with van der Waals surface area (Å²) >= 11 is 0. The topological polar surface area (TPSA) is 33.1 Å². The van der Waals surface area contributed by atoms with E-state index in [9.17, 15) is 5.11 Å². The molecule has 2 heteroatoms. The first-order valence-corrected chi connectivity index (χ1v) is 6.34. The van der Waals surface area contributed by atoms with E-state index in [0.717, 1.165) is 24.8 Å². The standard InChI is InChI=1S/C14H23NO/c1-3-5-8-13(4-2)14(16)10-12-7-6-9-15-11-12/h6-7,9,11,13-14,16H,3-5,8,10H2,1-2H3. The molecule has 0 aliphatic heterocycles. The van der Waals surface area contributed by atoms with Crippen LogP contribution in [0, 0.1) is 5.92 Å². The molecule has 0 saturated carbocycles. The van der Waals surface area contributed by atoms with Crippen molar-refractivity contribution in [2.45, 2.75) is 52.1 Å². The highest BCUT2D eigenvalue weighted by Crippen LogP contribution is 2.19. The summed E-state index contributed by atoms with van der Waals surface area (Å²) in [5.41, 5.74) is 1.13. The highest BCUT2D eigenvalue weighted by molar-refractivity contribution is 5.09. The lowest BCUT2D eigenvalue weighted by Crippen LogP contribution is -2.22. The first kappa shape index (κ1) is 13.2. The van der Waals surface area contributed by atoms with Crippen LogP contribution < -0.4 is 0 Å². The van der Waals surface area contributed by atoms with Crippen molar-refractivity contribution >= 4 is 0 Å². The summed E-state index contributed by atoms with van der Waals surface area (Å²) in [6, 6.07) is 3.96. The van der Waals surface area contributed by atoms with Gasteiger partial charge in [0.2, 0.25) is 0 Å². The van der Waals surface area contributed by atoms with Crippen molar-refractivity contribution < 1.29 is 5.11 Å². The Balaban J connectivity index is 2.46. The van der Waals surface area contributed by atoms with Gasteiger partial charge >= 0.3 is 0 Å². The normalized spacial score (nSPS) is 14.7. The monoisotopic (exact) mass is 221 g/mol. The van der Waals surface area contributed by atoms with Crippen molar-refractivity contribution in [2.75, 3.05) is 0 Å². The van der Waals surface area contributed by atoms with E-state index in [2.05, 4.69) is 18.8 Å². The minimum absolute atomic E-state index is 0.222. The van der Waals surface area contributed by atoms with Crippen LogP contribution in [-0.2, 0) is 6.42 Å². The minimum Gasteiger partial charge on any atom is -0.392 e. The Morgan fingerprint density at radius 3 is 2.75 bits per heavy atom. The van der Waals surface area contributed by atoms with E-state index in [0.29, 0.717) is 5.92 Å². The van der Waals surface area contributed by atoms with E-state index in [-0.39, 0.29) is 6.10 Å². The Bertz CT molecular complexity index is 273. The Morgan fingerprint density at radius 1 is 1.38 bits per heavy atom. The van der Waals surface area contributed by atoms with Gasteiger partial charge in [-0.15, -0.1) is 0 Å². The van der Waals surface area contributed by atoms with Gasteiger partial charge in [0.05, 0.1) is 6.10 Å². The predicted molar refractivity (Wildman–Crippen MR) is 67.3 cm³/mol. The highest BCUT2D eigenvalue weighted by atomic mass is 16.3. The van der Waals surface area contributed by atoms with Gasteiger partial charge < -0.3 is 5.11 Å². The van der Waals surface area contributed by atoms with Gasteiger partial charge in [-0.1, -0.05) is 39.2 Å². The zero-order chi connectivity index (χ0) is 11.8. The van der Waals surface area contributed by atoms with Crippen molar-refractivity contribution in [3.05, 3.63) is 30.1 Å². The molecule has 1 rings (SSSR count). The van der Waals surface area contributed by atoms with E-state index in [1.54, 1.807) is 6.20 Å². The lowest BCUT2D eigenvalue weighted by Gasteiger charge is -2.21. The minimum atomic E-state index is -0.222. The van der Waals surface area contributed by atoms with Crippen LogP contribution in [0.1, 0.15) is 45.1 Å². The largest absolute Gasteiger partial charge is 0.392 e. The molecule has 2 unspecified atom stereocenters. The maximum absolute atomic E-state index is 10.2. The number of aliphatic hydroxyl groups is 1. The molecule has 0 aliphatic rings. The average Bonchev–Trinajstić information content (AvgIpc) is 2.31. The summed E-state index contributed by atoms with van der Waals surface area (Å²) < 4.78 is 0. The lowest BCUT2D eigenvalue weighted by molar-refractivity contribution is 0.0987. The van der Waals surface area contributed by atoms with Crippen LogP contribution in [0.2, 0.25) is 0 Å². The number of unbranched alkanes of at least 4 members (excludes halogenated alkanes) is 1. The van der Waals surface area contributed by atoms with E-state index in [1.807, 2.05) is 18.3 Å². The molecule has 0 spiro atoms. The van der Waals surface area contributed by atoms with Crippen LogP contribution in [-0.4, -0.2) is 16.2 Å². The summed E-state index contributed by atoms with van der Waals surface area (Å²) in [6.07, 6.45) is 8.73. The second-order valence-corrected chi connectivity index (χ2v) is 4.44. The number of aromatic nitrogens is 1. The third-order valence-electron chi connectivity index (χ3n) is 3.16. The third kappa shape index (κ3) is 4.31. The molecule has 0 amide bonds. The fourth-order valence-electron chi connectivity index (χ4n) is 2.06. The van der Waals surface area contributed by atoms with Crippen LogP contribution in [0.4, 0.5) is 0 Å². The molecule has 16 heavy (non-hydrogen) atoms. The van der Waals surface area contributed by atoms with Gasteiger partial charge in [0.25, 0.3) is 0 Å². The highest BCUT2D eigenvalue weighted by Gasteiger charge is 2.17. The average molecular weight is 221 g/mol. The second kappa shape index (κ2) is 7.39. The predicted octanol–water partition coefficient (Wildman–Crippen LogP) is 3.20. The van der Waals surface area contributed by atoms with Gasteiger partial charge in [0.15, 0.2) is 0 Å². The van der Waals surface area contributed by atoms with E-state index in [1.165, 1.54) is 12.8 Å². The first-order chi connectivity index (χ1) is 7.77. The van der Waals surface area contributed by atoms with Gasteiger partial charge in [-0.3, -0.25) is 4.98 Å². The molecule has 0 radical (unpaired) electrons. The van der Waals surface area contributed by atoms with Crippen molar-refractivity contribution in [3.63, 3.8) is 0 Å². The number of aliphatic hydroxyl groups excluding tert-OH is 1. The van der Waals surface area contributed by atoms with E-state index < -0.39 is 0 Å². The van der Waals surface area contributed by atoms with Crippen molar-refractivity contribution in [1.82, 2.24) is 4.98 Å². The number of pyridine rings is 1. The molecule has 2 nitrogen and oxygen atoms in total. The Morgan fingerprint density at radius 2 is 2.19 bits per heavy atom. The molecular weight excluding hydrogens is 198 g/mol. The molecule has 0 aromatic carbocycles. The van der Waals surface area contributed by atoms with Crippen molar-refractivity contribution in [1.29, 1.82) is 0 Å². The molecule has 0 fully saturated rings. The zero-order valence-electron chi connectivity index (χ0n) is 10.4. The molecule has 0 aliphatic carbocycles. The fourth-order valence-corrected chi connectivity index (χ4v) is 2.06. The molecule has 1 N–H and O–H groups in total. The van der Waals surface area contributed by atoms with Crippen LogP contribution in [0.3, 0.4) is 0 Å². The Hall–Kier alpha value is -0.890. The SMILES string of the molecule is CCCCC(CC)C(O)Cc1cccnc1. The fraction of sp³-hybridized carbons (Fsp3) is 0.643. The number of hydrogen-bond acceptors (Lipinski definition) is 2. The van der Waals surface area contributed by atoms with Crippen LogP contribution in [0.15, 0.2) is 24.5 Å². The Labute approximate surface area is 98.7 Å². The number of nitrogens with zero attached hydrogens (tertiary/aromatic N) is 1. The second-order valence-electron chi connectivity index (χ2n) is 4.44.